The summed E-state index contributed by atoms with van der Waals surface area (Å²) in [5.74, 6) is -0.315. The summed E-state index contributed by atoms with van der Waals surface area (Å²) >= 11 is 2.56. The maximum Gasteiger partial charge on any atom is 0.335 e. The third-order valence-corrected chi connectivity index (χ3v) is 5.73. The standard InChI is InChI=1S/C15H18INO2/c1-8(2)17-13-6-3-9(15(18)19)7-11(13)10-4-5-12(16)14(10)17/h3,6-8,10,12,14H,4-5H2,1-2H3,(H,18,19). The highest BCUT2D eigenvalue weighted by atomic mass is 127. The summed E-state index contributed by atoms with van der Waals surface area (Å²) in [6.45, 7) is 4.44. The lowest BCUT2D eigenvalue weighted by Gasteiger charge is -2.33. The molecule has 0 spiro atoms. The summed E-state index contributed by atoms with van der Waals surface area (Å²) in [5.41, 5.74) is 2.91. The number of anilines is 1. The van der Waals surface area contributed by atoms with Crippen molar-refractivity contribution >= 4 is 34.2 Å². The first-order valence-corrected chi connectivity index (χ1v) is 8.05. The van der Waals surface area contributed by atoms with E-state index in [-0.39, 0.29) is 0 Å². The molecule has 0 aromatic heterocycles. The molecule has 1 aliphatic carbocycles. The van der Waals surface area contributed by atoms with Gasteiger partial charge in [-0.05, 0) is 50.5 Å². The molecule has 1 N–H and O–H groups in total. The first-order valence-electron chi connectivity index (χ1n) is 6.80. The van der Waals surface area contributed by atoms with E-state index < -0.39 is 5.97 Å². The molecular weight excluding hydrogens is 353 g/mol. The zero-order valence-electron chi connectivity index (χ0n) is 11.1. The number of carboxylic acids is 1. The molecule has 4 heteroatoms. The van der Waals surface area contributed by atoms with Gasteiger partial charge in [0.15, 0.2) is 0 Å². The van der Waals surface area contributed by atoms with Crippen LogP contribution in [0.1, 0.15) is 48.5 Å². The summed E-state index contributed by atoms with van der Waals surface area (Å²) in [4.78, 5) is 13.7. The van der Waals surface area contributed by atoms with Crippen LogP contribution in [0, 0.1) is 0 Å². The Hall–Kier alpha value is -0.780. The average molecular weight is 371 g/mol. The predicted octanol–water partition coefficient (Wildman–Crippen LogP) is 3.66. The SMILES string of the molecule is CC(C)N1c2ccc(C(=O)O)cc2C2CCC(I)C21. The number of fused-ring (bicyclic) bond motifs is 3. The van der Waals surface area contributed by atoms with Gasteiger partial charge in [-0.3, -0.25) is 0 Å². The molecule has 0 radical (unpaired) electrons. The van der Waals surface area contributed by atoms with Crippen LogP contribution in [0.3, 0.4) is 0 Å². The fourth-order valence-electron chi connectivity index (χ4n) is 3.64. The van der Waals surface area contributed by atoms with Gasteiger partial charge in [0.25, 0.3) is 0 Å². The highest BCUT2D eigenvalue weighted by molar-refractivity contribution is 14.1. The third-order valence-electron chi connectivity index (χ3n) is 4.37. The van der Waals surface area contributed by atoms with Gasteiger partial charge in [0.05, 0.1) is 5.56 Å². The van der Waals surface area contributed by atoms with E-state index in [0.29, 0.717) is 27.5 Å². The van der Waals surface area contributed by atoms with E-state index in [0.717, 1.165) is 0 Å². The largest absolute Gasteiger partial charge is 0.478 e. The Bertz CT molecular complexity index is 529. The van der Waals surface area contributed by atoms with E-state index in [9.17, 15) is 4.79 Å². The van der Waals surface area contributed by atoms with E-state index in [1.807, 2.05) is 12.1 Å². The van der Waals surface area contributed by atoms with E-state index in [4.69, 9.17) is 5.11 Å². The number of aromatic carboxylic acids is 1. The van der Waals surface area contributed by atoms with Crippen molar-refractivity contribution in [2.45, 2.75) is 48.6 Å². The van der Waals surface area contributed by atoms with Gasteiger partial charge in [-0.15, -0.1) is 0 Å². The maximum absolute atomic E-state index is 11.2. The van der Waals surface area contributed by atoms with Gasteiger partial charge in [0.1, 0.15) is 0 Å². The van der Waals surface area contributed by atoms with Crippen molar-refractivity contribution in [3.8, 4) is 0 Å². The van der Waals surface area contributed by atoms with Crippen LogP contribution < -0.4 is 4.90 Å². The Labute approximate surface area is 127 Å². The molecule has 1 aromatic rings. The van der Waals surface area contributed by atoms with Gasteiger partial charge < -0.3 is 10.0 Å². The van der Waals surface area contributed by atoms with Crippen LogP contribution >= 0.6 is 22.6 Å². The number of halogens is 1. The summed E-state index contributed by atoms with van der Waals surface area (Å²) in [5, 5.41) is 9.17. The fourth-order valence-corrected chi connectivity index (χ4v) is 4.85. The van der Waals surface area contributed by atoms with E-state index in [1.165, 1.54) is 24.1 Å². The summed E-state index contributed by atoms with van der Waals surface area (Å²) in [6.07, 6.45) is 2.41. The molecule has 1 heterocycles. The number of hydrogen-bond acceptors (Lipinski definition) is 2. The molecule has 3 rings (SSSR count). The van der Waals surface area contributed by atoms with Gasteiger partial charge in [-0.25, -0.2) is 4.79 Å². The van der Waals surface area contributed by atoms with E-state index in [1.54, 1.807) is 6.07 Å². The van der Waals surface area contributed by atoms with Gasteiger partial charge in [0, 0.05) is 27.6 Å². The molecule has 1 fully saturated rings. The Morgan fingerprint density at radius 2 is 2.16 bits per heavy atom. The minimum Gasteiger partial charge on any atom is -0.478 e. The molecule has 1 saturated carbocycles. The van der Waals surface area contributed by atoms with Gasteiger partial charge >= 0.3 is 5.97 Å². The van der Waals surface area contributed by atoms with Crippen LogP contribution in [0.4, 0.5) is 5.69 Å². The van der Waals surface area contributed by atoms with Crippen molar-refractivity contribution in [3.05, 3.63) is 29.3 Å². The quantitative estimate of drug-likeness (QED) is 0.637. The van der Waals surface area contributed by atoms with Crippen LogP contribution in [0.5, 0.6) is 0 Å². The van der Waals surface area contributed by atoms with E-state index >= 15 is 0 Å². The zero-order chi connectivity index (χ0) is 13.7. The second-order valence-corrected chi connectivity index (χ2v) is 7.37. The van der Waals surface area contributed by atoms with Crippen molar-refractivity contribution in [3.63, 3.8) is 0 Å². The molecule has 0 bridgehead atoms. The van der Waals surface area contributed by atoms with Crippen LogP contribution in [-0.4, -0.2) is 27.1 Å². The molecule has 3 unspecified atom stereocenters. The number of hydrogen-bond donors (Lipinski definition) is 1. The molecular formula is C15H18INO2. The number of nitrogens with zero attached hydrogens (tertiary/aromatic N) is 1. The van der Waals surface area contributed by atoms with Gasteiger partial charge in [-0.2, -0.15) is 0 Å². The topological polar surface area (TPSA) is 40.5 Å². The zero-order valence-corrected chi connectivity index (χ0v) is 13.3. The van der Waals surface area contributed by atoms with E-state index in [2.05, 4.69) is 41.3 Å². The Morgan fingerprint density at radius 1 is 1.42 bits per heavy atom. The summed E-state index contributed by atoms with van der Waals surface area (Å²) in [7, 11) is 0. The smallest absolute Gasteiger partial charge is 0.335 e. The second-order valence-electron chi connectivity index (χ2n) is 5.77. The average Bonchev–Trinajstić information content (AvgIpc) is 2.87. The first-order chi connectivity index (χ1) is 9.00. The molecule has 102 valence electrons. The molecule has 1 aromatic carbocycles. The number of alkyl halides is 1. The molecule has 3 atom stereocenters. The monoisotopic (exact) mass is 371 g/mol. The minimum absolute atomic E-state index is 0.417. The lowest BCUT2D eigenvalue weighted by atomic mass is 9.96. The molecule has 3 nitrogen and oxygen atoms in total. The Balaban J connectivity index is 2.10. The Kier molecular flexibility index (Phi) is 3.23. The molecule has 0 amide bonds. The number of carbonyl (C=O) groups is 1. The first kappa shape index (κ1) is 13.2. The maximum atomic E-state index is 11.2. The predicted molar refractivity (Wildman–Crippen MR) is 84.6 cm³/mol. The summed E-state index contributed by atoms with van der Waals surface area (Å²) < 4.78 is 0.658. The lowest BCUT2D eigenvalue weighted by molar-refractivity contribution is 0.0697. The molecule has 1 aliphatic heterocycles. The van der Waals surface area contributed by atoms with Crippen molar-refractivity contribution in [2.24, 2.45) is 0 Å². The van der Waals surface area contributed by atoms with Crippen LogP contribution in [0.25, 0.3) is 0 Å². The second kappa shape index (κ2) is 4.65. The van der Waals surface area contributed by atoms with Crippen molar-refractivity contribution < 1.29 is 9.90 Å². The normalized spacial score (nSPS) is 28.6. The van der Waals surface area contributed by atoms with Crippen LogP contribution in [-0.2, 0) is 0 Å². The number of benzene rings is 1. The molecule has 0 saturated heterocycles. The highest BCUT2D eigenvalue weighted by Crippen LogP contribution is 2.52. The summed E-state index contributed by atoms with van der Waals surface area (Å²) in [6, 6.07) is 6.63. The number of carboxylic acid groups (broad SMARTS) is 1. The molecule has 19 heavy (non-hydrogen) atoms. The highest BCUT2D eigenvalue weighted by Gasteiger charge is 2.46. The molecule has 2 aliphatic rings. The lowest BCUT2D eigenvalue weighted by Crippen LogP contribution is -2.41. The van der Waals surface area contributed by atoms with Crippen LogP contribution in [0.2, 0.25) is 0 Å². The van der Waals surface area contributed by atoms with Crippen molar-refractivity contribution in [1.82, 2.24) is 0 Å². The Morgan fingerprint density at radius 3 is 2.79 bits per heavy atom. The van der Waals surface area contributed by atoms with Crippen molar-refractivity contribution in [2.75, 3.05) is 4.90 Å². The van der Waals surface area contributed by atoms with Crippen LogP contribution in [0.15, 0.2) is 18.2 Å². The third kappa shape index (κ3) is 1.95. The van der Waals surface area contributed by atoms with Crippen molar-refractivity contribution in [1.29, 1.82) is 0 Å². The van der Waals surface area contributed by atoms with Gasteiger partial charge in [0.2, 0.25) is 0 Å². The van der Waals surface area contributed by atoms with Gasteiger partial charge in [-0.1, -0.05) is 22.6 Å². The fraction of sp³-hybridized carbons (Fsp3) is 0.533. The minimum atomic E-state index is -0.827. The number of rotatable bonds is 2.